The largest absolute Gasteiger partial charge is 0.317 e. The number of hydrogen-bond acceptors (Lipinski definition) is 4. The van der Waals surface area contributed by atoms with Crippen molar-refractivity contribution in [3.63, 3.8) is 0 Å². The molecule has 0 spiro atoms. The van der Waals surface area contributed by atoms with Crippen LogP contribution in [-0.2, 0) is 4.79 Å². The maximum atomic E-state index is 11.6. The summed E-state index contributed by atoms with van der Waals surface area (Å²) >= 11 is 0. The molecule has 1 fully saturated rings. The van der Waals surface area contributed by atoms with Crippen molar-refractivity contribution in [2.24, 2.45) is 0 Å². The normalized spacial score (nSPS) is 27.1. The van der Waals surface area contributed by atoms with Crippen molar-refractivity contribution in [2.75, 3.05) is 46.8 Å². The van der Waals surface area contributed by atoms with E-state index in [1.54, 1.807) is 6.92 Å². The summed E-state index contributed by atoms with van der Waals surface area (Å²) in [6, 6.07) is 0.0900. The second-order valence-electron chi connectivity index (χ2n) is 5.16. The first kappa shape index (κ1) is 14.6. The lowest BCUT2D eigenvalue weighted by Gasteiger charge is -2.28. The highest BCUT2D eigenvalue weighted by Gasteiger charge is 2.19. The molecular weight excluding hydrogens is 214 g/mol. The fraction of sp³-hybridized carbons (Fsp3) is 0.923. The number of nitrogens with one attached hydrogen (secondary N) is 1. The molecule has 1 saturated heterocycles. The number of carbonyl (C=O) groups excluding carboxylic acids is 1. The number of carbonyl (C=O) groups is 1. The summed E-state index contributed by atoms with van der Waals surface area (Å²) in [7, 11) is 4.24. The molecule has 0 amide bonds. The SMILES string of the molecule is CC(=O)C1CCNCCCN(C)CCCN1C. The molecule has 1 unspecified atom stereocenters. The van der Waals surface area contributed by atoms with E-state index in [2.05, 4.69) is 29.2 Å². The summed E-state index contributed by atoms with van der Waals surface area (Å²) in [4.78, 5) is 16.2. The molecule has 0 saturated carbocycles. The van der Waals surface area contributed by atoms with Gasteiger partial charge in [0.25, 0.3) is 0 Å². The van der Waals surface area contributed by atoms with Gasteiger partial charge < -0.3 is 10.2 Å². The molecule has 0 aliphatic carbocycles. The summed E-state index contributed by atoms with van der Waals surface area (Å²) in [6.07, 6.45) is 3.27. The van der Waals surface area contributed by atoms with E-state index < -0.39 is 0 Å². The second kappa shape index (κ2) is 7.80. The number of nitrogens with zero attached hydrogens (tertiary/aromatic N) is 2. The molecule has 1 heterocycles. The van der Waals surface area contributed by atoms with Gasteiger partial charge in [0, 0.05) is 0 Å². The molecule has 1 aliphatic heterocycles. The number of Topliss-reactive ketones (excluding diaryl/α,β-unsaturated/α-hetero) is 1. The summed E-state index contributed by atoms with van der Waals surface area (Å²) in [5.41, 5.74) is 0. The molecule has 0 aromatic heterocycles. The monoisotopic (exact) mass is 241 g/mol. The van der Waals surface area contributed by atoms with Crippen molar-refractivity contribution in [3.8, 4) is 0 Å². The molecule has 4 nitrogen and oxygen atoms in total. The zero-order valence-corrected chi connectivity index (χ0v) is 11.5. The third-order valence-electron chi connectivity index (χ3n) is 3.54. The van der Waals surface area contributed by atoms with Gasteiger partial charge in [0.15, 0.2) is 0 Å². The van der Waals surface area contributed by atoms with Crippen LogP contribution in [0.25, 0.3) is 0 Å². The van der Waals surface area contributed by atoms with Gasteiger partial charge in [0.05, 0.1) is 6.04 Å². The van der Waals surface area contributed by atoms with Crippen LogP contribution in [0.1, 0.15) is 26.2 Å². The van der Waals surface area contributed by atoms with Gasteiger partial charge >= 0.3 is 0 Å². The smallest absolute Gasteiger partial charge is 0.146 e. The first-order valence-electron chi connectivity index (χ1n) is 6.71. The number of rotatable bonds is 1. The van der Waals surface area contributed by atoms with E-state index in [9.17, 15) is 4.79 Å². The Bertz CT molecular complexity index is 233. The van der Waals surface area contributed by atoms with Gasteiger partial charge in [0.1, 0.15) is 5.78 Å². The van der Waals surface area contributed by atoms with Gasteiger partial charge in [-0.15, -0.1) is 0 Å². The highest BCUT2D eigenvalue weighted by atomic mass is 16.1. The predicted octanol–water partition coefficient (Wildman–Crippen LogP) is 0.581. The Labute approximate surface area is 105 Å². The van der Waals surface area contributed by atoms with Crippen LogP contribution in [0.2, 0.25) is 0 Å². The Kier molecular flexibility index (Phi) is 6.70. The third-order valence-corrected chi connectivity index (χ3v) is 3.54. The summed E-state index contributed by atoms with van der Waals surface area (Å²) < 4.78 is 0. The molecule has 1 aliphatic rings. The van der Waals surface area contributed by atoms with Crippen LogP contribution in [0, 0.1) is 0 Å². The van der Waals surface area contributed by atoms with Gasteiger partial charge in [0.2, 0.25) is 0 Å². The highest BCUT2D eigenvalue weighted by Crippen LogP contribution is 2.05. The van der Waals surface area contributed by atoms with Crippen LogP contribution in [0.15, 0.2) is 0 Å². The quantitative estimate of drug-likeness (QED) is 0.728. The molecule has 1 rings (SSSR count). The van der Waals surface area contributed by atoms with Gasteiger partial charge in [-0.05, 0) is 73.0 Å². The zero-order chi connectivity index (χ0) is 12.7. The minimum atomic E-state index is 0.0900. The number of hydrogen-bond donors (Lipinski definition) is 1. The lowest BCUT2D eigenvalue weighted by atomic mass is 10.1. The summed E-state index contributed by atoms with van der Waals surface area (Å²) in [6.45, 7) is 6.99. The highest BCUT2D eigenvalue weighted by molar-refractivity contribution is 5.81. The van der Waals surface area contributed by atoms with E-state index in [4.69, 9.17) is 0 Å². The van der Waals surface area contributed by atoms with Crippen LogP contribution < -0.4 is 5.32 Å². The predicted molar refractivity (Wildman–Crippen MR) is 71.3 cm³/mol. The molecule has 100 valence electrons. The summed E-state index contributed by atoms with van der Waals surface area (Å²) in [5.74, 6) is 0.291. The van der Waals surface area contributed by atoms with Crippen molar-refractivity contribution < 1.29 is 4.79 Å². The van der Waals surface area contributed by atoms with Crippen molar-refractivity contribution in [3.05, 3.63) is 0 Å². The van der Waals surface area contributed by atoms with E-state index in [1.165, 1.54) is 6.42 Å². The van der Waals surface area contributed by atoms with Crippen molar-refractivity contribution in [1.29, 1.82) is 0 Å². The maximum absolute atomic E-state index is 11.6. The number of likely N-dealkylation sites (N-methyl/N-ethyl adjacent to an activating group) is 1. The molecule has 17 heavy (non-hydrogen) atoms. The van der Waals surface area contributed by atoms with E-state index >= 15 is 0 Å². The average Bonchev–Trinajstić information content (AvgIpc) is 2.25. The molecule has 0 radical (unpaired) electrons. The van der Waals surface area contributed by atoms with Gasteiger partial charge in [-0.25, -0.2) is 0 Å². The fourth-order valence-corrected chi connectivity index (χ4v) is 2.43. The molecule has 0 bridgehead atoms. The second-order valence-corrected chi connectivity index (χ2v) is 5.16. The van der Waals surface area contributed by atoms with Gasteiger partial charge in [-0.3, -0.25) is 9.69 Å². The Morgan fingerprint density at radius 3 is 2.53 bits per heavy atom. The van der Waals surface area contributed by atoms with Crippen LogP contribution in [0.4, 0.5) is 0 Å². The van der Waals surface area contributed by atoms with Crippen molar-refractivity contribution in [1.82, 2.24) is 15.1 Å². The fourth-order valence-electron chi connectivity index (χ4n) is 2.43. The lowest BCUT2D eigenvalue weighted by Crippen LogP contribution is -2.41. The number of ketones is 1. The first-order valence-corrected chi connectivity index (χ1v) is 6.71. The minimum absolute atomic E-state index is 0.0900. The van der Waals surface area contributed by atoms with E-state index in [0.717, 1.165) is 45.6 Å². The molecule has 0 aromatic rings. The summed E-state index contributed by atoms with van der Waals surface area (Å²) in [5, 5.41) is 3.42. The molecule has 4 heteroatoms. The van der Waals surface area contributed by atoms with E-state index in [0.29, 0.717) is 5.78 Å². The Balaban J connectivity index is 2.49. The van der Waals surface area contributed by atoms with Crippen molar-refractivity contribution >= 4 is 5.78 Å². The molecular formula is C13H27N3O. The van der Waals surface area contributed by atoms with Crippen LogP contribution in [-0.4, -0.2) is 68.4 Å². The van der Waals surface area contributed by atoms with E-state index in [-0.39, 0.29) is 6.04 Å². The third kappa shape index (κ3) is 5.61. The maximum Gasteiger partial charge on any atom is 0.146 e. The molecule has 1 atom stereocenters. The Morgan fingerprint density at radius 1 is 1.12 bits per heavy atom. The van der Waals surface area contributed by atoms with Gasteiger partial charge in [-0.1, -0.05) is 0 Å². The van der Waals surface area contributed by atoms with Crippen LogP contribution >= 0.6 is 0 Å². The van der Waals surface area contributed by atoms with Crippen molar-refractivity contribution in [2.45, 2.75) is 32.2 Å². The minimum Gasteiger partial charge on any atom is -0.317 e. The Morgan fingerprint density at radius 2 is 1.82 bits per heavy atom. The average molecular weight is 241 g/mol. The Hall–Kier alpha value is -0.450. The van der Waals surface area contributed by atoms with Crippen LogP contribution in [0.5, 0.6) is 0 Å². The first-order chi connectivity index (χ1) is 8.11. The zero-order valence-electron chi connectivity index (χ0n) is 11.5. The van der Waals surface area contributed by atoms with Gasteiger partial charge in [-0.2, -0.15) is 0 Å². The van der Waals surface area contributed by atoms with E-state index in [1.807, 2.05) is 0 Å². The molecule has 1 N–H and O–H groups in total. The lowest BCUT2D eigenvalue weighted by molar-refractivity contribution is -0.121. The van der Waals surface area contributed by atoms with Crippen LogP contribution in [0.3, 0.4) is 0 Å². The molecule has 0 aromatic carbocycles. The topological polar surface area (TPSA) is 35.6 Å². The standard InChI is InChI=1S/C13H27N3O/c1-12(17)13-6-8-14-7-4-9-15(2)10-5-11-16(13)3/h13-14H,4-11H2,1-3H3.